The van der Waals surface area contributed by atoms with Crippen molar-refractivity contribution < 1.29 is 15.0 Å². The van der Waals surface area contributed by atoms with E-state index in [2.05, 4.69) is 0 Å². The van der Waals surface area contributed by atoms with E-state index in [1.807, 2.05) is 12.1 Å². The van der Waals surface area contributed by atoms with E-state index in [1.165, 1.54) is 17.8 Å². The smallest absolute Gasteiger partial charge is 0.307 e. The molecule has 2 rings (SSSR count). The molecule has 19 heavy (non-hydrogen) atoms. The molecule has 0 heterocycles. The van der Waals surface area contributed by atoms with Crippen LogP contribution in [-0.2, 0) is 11.2 Å². The average Bonchev–Trinajstić information content (AvgIpc) is 2.34. The minimum absolute atomic E-state index is 0.0675. The monoisotopic (exact) mass is 275 g/mol. The van der Waals surface area contributed by atoms with Crippen molar-refractivity contribution in [3.63, 3.8) is 0 Å². The number of carbonyl (C=O) groups is 1. The van der Waals surface area contributed by atoms with Crippen LogP contribution in [0, 0.1) is 0 Å². The summed E-state index contributed by atoms with van der Waals surface area (Å²) in [6, 6.07) is 12.1. The second kappa shape index (κ2) is 5.67. The molecule has 0 aliphatic rings. The Bertz CT molecular complexity index is 596. The lowest BCUT2D eigenvalue weighted by molar-refractivity contribution is -0.136. The molecule has 0 spiro atoms. The van der Waals surface area contributed by atoms with Gasteiger partial charge in [0.25, 0.3) is 0 Å². The van der Waals surface area contributed by atoms with Gasteiger partial charge < -0.3 is 15.9 Å². The third kappa shape index (κ3) is 3.66. The topological polar surface area (TPSA) is 83.5 Å². The molecule has 0 saturated carbocycles. The SMILES string of the molecule is Nc1ccc(Sc2ccc(O)cc2CC(=O)O)cc1. The molecule has 0 aromatic heterocycles. The minimum Gasteiger partial charge on any atom is -0.508 e. The van der Waals surface area contributed by atoms with E-state index in [9.17, 15) is 9.90 Å². The summed E-state index contributed by atoms with van der Waals surface area (Å²) in [6.07, 6.45) is -0.119. The fourth-order valence-corrected chi connectivity index (χ4v) is 2.55. The van der Waals surface area contributed by atoms with Gasteiger partial charge in [-0.25, -0.2) is 0 Å². The van der Waals surface area contributed by atoms with E-state index in [1.54, 1.807) is 24.3 Å². The van der Waals surface area contributed by atoms with Crippen LogP contribution in [0.15, 0.2) is 52.3 Å². The molecule has 5 heteroatoms. The molecule has 2 aromatic rings. The van der Waals surface area contributed by atoms with Gasteiger partial charge in [0.1, 0.15) is 5.75 Å². The summed E-state index contributed by atoms with van der Waals surface area (Å²) in [5.74, 6) is -0.859. The molecule has 0 unspecified atom stereocenters. The van der Waals surface area contributed by atoms with Crippen LogP contribution in [0.1, 0.15) is 5.56 Å². The van der Waals surface area contributed by atoms with E-state index in [4.69, 9.17) is 10.8 Å². The Labute approximate surface area is 114 Å². The molecule has 0 fully saturated rings. The van der Waals surface area contributed by atoms with Gasteiger partial charge in [-0.1, -0.05) is 11.8 Å². The van der Waals surface area contributed by atoms with Crippen molar-refractivity contribution in [2.45, 2.75) is 16.2 Å². The van der Waals surface area contributed by atoms with Gasteiger partial charge in [0.2, 0.25) is 0 Å². The maximum atomic E-state index is 10.8. The third-order valence-corrected chi connectivity index (χ3v) is 3.62. The number of hydrogen-bond acceptors (Lipinski definition) is 4. The minimum atomic E-state index is -0.926. The summed E-state index contributed by atoms with van der Waals surface area (Å²) in [7, 11) is 0. The molecule has 0 atom stereocenters. The highest BCUT2D eigenvalue weighted by Crippen LogP contribution is 2.33. The summed E-state index contributed by atoms with van der Waals surface area (Å²) >= 11 is 1.44. The number of carboxylic acid groups (broad SMARTS) is 1. The standard InChI is InChI=1S/C14H13NO3S/c15-10-1-4-12(5-2-10)19-13-6-3-11(16)7-9(13)8-14(17)18/h1-7,16H,8,15H2,(H,17,18). The first kappa shape index (κ1) is 13.3. The number of hydrogen-bond donors (Lipinski definition) is 3. The number of phenolic OH excluding ortho intramolecular Hbond substituents is 1. The molecule has 98 valence electrons. The number of anilines is 1. The van der Waals surface area contributed by atoms with Gasteiger partial charge >= 0.3 is 5.97 Å². The largest absolute Gasteiger partial charge is 0.508 e. The molecule has 4 N–H and O–H groups in total. The Kier molecular flexibility index (Phi) is 3.97. The average molecular weight is 275 g/mol. The normalized spacial score (nSPS) is 10.3. The molecule has 0 radical (unpaired) electrons. The summed E-state index contributed by atoms with van der Waals surface area (Å²) in [5, 5.41) is 18.3. The first-order valence-electron chi connectivity index (χ1n) is 5.61. The van der Waals surface area contributed by atoms with Crippen LogP contribution in [0.5, 0.6) is 5.75 Å². The molecular formula is C14H13NO3S. The number of benzene rings is 2. The quantitative estimate of drug-likeness (QED) is 0.747. The van der Waals surface area contributed by atoms with E-state index >= 15 is 0 Å². The zero-order valence-corrected chi connectivity index (χ0v) is 10.9. The van der Waals surface area contributed by atoms with Gasteiger partial charge in [-0.3, -0.25) is 4.79 Å². The lowest BCUT2D eigenvalue weighted by atomic mass is 10.1. The van der Waals surface area contributed by atoms with E-state index in [-0.39, 0.29) is 12.2 Å². The lowest BCUT2D eigenvalue weighted by Gasteiger charge is -2.08. The van der Waals surface area contributed by atoms with E-state index in [0.717, 1.165) is 9.79 Å². The first-order valence-corrected chi connectivity index (χ1v) is 6.43. The fourth-order valence-electron chi connectivity index (χ4n) is 1.63. The fraction of sp³-hybridized carbons (Fsp3) is 0.0714. The van der Waals surface area contributed by atoms with Crippen molar-refractivity contribution >= 4 is 23.4 Å². The number of nitrogens with two attached hydrogens (primary N) is 1. The van der Waals surface area contributed by atoms with Crippen molar-refractivity contribution in [3.8, 4) is 5.75 Å². The number of rotatable bonds is 4. The van der Waals surface area contributed by atoms with Crippen LogP contribution in [0.3, 0.4) is 0 Å². The molecule has 0 bridgehead atoms. The molecule has 0 amide bonds. The van der Waals surface area contributed by atoms with Crippen LogP contribution >= 0.6 is 11.8 Å². The highest BCUT2D eigenvalue weighted by Gasteiger charge is 2.09. The molecule has 0 aliphatic heterocycles. The van der Waals surface area contributed by atoms with Crippen LogP contribution < -0.4 is 5.73 Å². The highest BCUT2D eigenvalue weighted by molar-refractivity contribution is 7.99. The Morgan fingerprint density at radius 2 is 1.84 bits per heavy atom. The Balaban J connectivity index is 2.28. The molecule has 4 nitrogen and oxygen atoms in total. The number of phenols is 1. The van der Waals surface area contributed by atoms with Gasteiger partial charge in [-0.05, 0) is 48.0 Å². The van der Waals surface area contributed by atoms with Crippen LogP contribution in [0.2, 0.25) is 0 Å². The number of aliphatic carboxylic acids is 1. The molecular weight excluding hydrogens is 262 g/mol. The number of nitrogen functional groups attached to an aromatic ring is 1. The third-order valence-electron chi connectivity index (χ3n) is 2.49. The summed E-state index contributed by atoms with van der Waals surface area (Å²) in [6.45, 7) is 0. The number of aromatic hydroxyl groups is 1. The van der Waals surface area contributed by atoms with Crippen molar-refractivity contribution in [2.24, 2.45) is 0 Å². The number of carboxylic acids is 1. The summed E-state index contributed by atoms with van der Waals surface area (Å²) in [5.41, 5.74) is 6.89. The second-order valence-electron chi connectivity index (χ2n) is 4.03. The molecule has 0 saturated heterocycles. The molecule has 2 aromatic carbocycles. The first-order chi connectivity index (χ1) is 9.04. The van der Waals surface area contributed by atoms with E-state index in [0.29, 0.717) is 11.3 Å². The Morgan fingerprint density at radius 1 is 1.16 bits per heavy atom. The van der Waals surface area contributed by atoms with Gasteiger partial charge in [0.05, 0.1) is 6.42 Å². The van der Waals surface area contributed by atoms with Crippen molar-refractivity contribution in [1.29, 1.82) is 0 Å². The predicted molar refractivity (Wildman–Crippen MR) is 74.4 cm³/mol. The highest BCUT2D eigenvalue weighted by atomic mass is 32.2. The molecule has 0 aliphatic carbocycles. The second-order valence-corrected chi connectivity index (χ2v) is 5.15. The van der Waals surface area contributed by atoms with Crippen LogP contribution in [0.25, 0.3) is 0 Å². The Hall–Kier alpha value is -2.14. The van der Waals surface area contributed by atoms with Crippen molar-refractivity contribution in [3.05, 3.63) is 48.0 Å². The van der Waals surface area contributed by atoms with Gasteiger partial charge in [-0.15, -0.1) is 0 Å². The van der Waals surface area contributed by atoms with E-state index < -0.39 is 5.97 Å². The van der Waals surface area contributed by atoms with Gasteiger partial charge in [0, 0.05) is 15.5 Å². The zero-order chi connectivity index (χ0) is 13.8. The van der Waals surface area contributed by atoms with Crippen molar-refractivity contribution in [1.82, 2.24) is 0 Å². The zero-order valence-electron chi connectivity index (χ0n) is 10.0. The predicted octanol–water partition coefficient (Wildman–Crippen LogP) is 2.75. The van der Waals surface area contributed by atoms with Gasteiger partial charge in [-0.2, -0.15) is 0 Å². The Morgan fingerprint density at radius 3 is 2.47 bits per heavy atom. The van der Waals surface area contributed by atoms with Crippen LogP contribution in [-0.4, -0.2) is 16.2 Å². The lowest BCUT2D eigenvalue weighted by Crippen LogP contribution is -2.01. The maximum absolute atomic E-state index is 10.8. The summed E-state index contributed by atoms with van der Waals surface area (Å²) in [4.78, 5) is 12.6. The van der Waals surface area contributed by atoms with Crippen molar-refractivity contribution in [2.75, 3.05) is 5.73 Å². The van der Waals surface area contributed by atoms with Gasteiger partial charge in [0.15, 0.2) is 0 Å². The summed E-state index contributed by atoms with van der Waals surface area (Å²) < 4.78 is 0. The van der Waals surface area contributed by atoms with Crippen LogP contribution in [0.4, 0.5) is 5.69 Å². The maximum Gasteiger partial charge on any atom is 0.307 e.